The summed E-state index contributed by atoms with van der Waals surface area (Å²) in [5.41, 5.74) is 6.47. The number of hydrogen-bond acceptors (Lipinski definition) is 2. The number of hydrogen-bond donors (Lipinski definition) is 1. The van der Waals surface area contributed by atoms with Gasteiger partial charge >= 0.3 is 6.36 Å². The predicted molar refractivity (Wildman–Crippen MR) is 76.0 cm³/mol. The molecule has 0 amide bonds. The van der Waals surface area contributed by atoms with Gasteiger partial charge in [0.25, 0.3) is 0 Å². The first kappa shape index (κ1) is 16.1. The average molecular weight is 301 g/mol. The highest BCUT2D eigenvalue weighted by molar-refractivity contribution is 5.37. The van der Waals surface area contributed by atoms with E-state index in [2.05, 4.69) is 11.7 Å². The fraction of sp³-hybridized carbons (Fsp3) is 0.625. The Hall–Kier alpha value is -1.23. The SMILES string of the molecule is CCC1CCC(CN)C(c2ccccc2OC(F)(F)F)C1. The van der Waals surface area contributed by atoms with Gasteiger partial charge in [-0.3, -0.25) is 0 Å². The van der Waals surface area contributed by atoms with Crippen molar-refractivity contribution in [1.29, 1.82) is 0 Å². The van der Waals surface area contributed by atoms with E-state index in [1.54, 1.807) is 18.2 Å². The van der Waals surface area contributed by atoms with Crippen molar-refractivity contribution in [3.8, 4) is 5.75 Å². The van der Waals surface area contributed by atoms with Gasteiger partial charge in [0.15, 0.2) is 0 Å². The van der Waals surface area contributed by atoms with Crippen LogP contribution in [0.2, 0.25) is 0 Å². The van der Waals surface area contributed by atoms with Gasteiger partial charge in [0, 0.05) is 0 Å². The van der Waals surface area contributed by atoms with Crippen LogP contribution in [0.25, 0.3) is 0 Å². The van der Waals surface area contributed by atoms with Crippen LogP contribution in [0.3, 0.4) is 0 Å². The van der Waals surface area contributed by atoms with Gasteiger partial charge in [0.1, 0.15) is 5.75 Å². The van der Waals surface area contributed by atoms with E-state index in [0.717, 1.165) is 25.7 Å². The molecule has 2 rings (SSSR count). The van der Waals surface area contributed by atoms with E-state index >= 15 is 0 Å². The Labute approximate surface area is 123 Å². The summed E-state index contributed by atoms with van der Waals surface area (Å²) >= 11 is 0. The summed E-state index contributed by atoms with van der Waals surface area (Å²) in [7, 11) is 0. The Morgan fingerprint density at radius 2 is 1.95 bits per heavy atom. The van der Waals surface area contributed by atoms with Gasteiger partial charge in [-0.2, -0.15) is 0 Å². The van der Waals surface area contributed by atoms with Crippen LogP contribution in [-0.2, 0) is 0 Å². The van der Waals surface area contributed by atoms with Gasteiger partial charge in [0.05, 0.1) is 0 Å². The molecule has 0 heterocycles. The number of alkyl halides is 3. The largest absolute Gasteiger partial charge is 0.573 e. The highest BCUT2D eigenvalue weighted by atomic mass is 19.4. The fourth-order valence-corrected chi connectivity index (χ4v) is 3.36. The second-order valence-corrected chi connectivity index (χ2v) is 5.78. The summed E-state index contributed by atoms with van der Waals surface area (Å²) in [6.45, 7) is 2.63. The molecular weight excluding hydrogens is 279 g/mol. The molecule has 1 aliphatic carbocycles. The van der Waals surface area contributed by atoms with Crippen molar-refractivity contribution in [2.24, 2.45) is 17.6 Å². The normalized spacial score (nSPS) is 26.6. The van der Waals surface area contributed by atoms with Crippen LogP contribution < -0.4 is 10.5 Å². The van der Waals surface area contributed by atoms with Crippen molar-refractivity contribution in [1.82, 2.24) is 0 Å². The zero-order valence-corrected chi connectivity index (χ0v) is 12.2. The summed E-state index contributed by atoms with van der Waals surface area (Å²) in [4.78, 5) is 0. The summed E-state index contributed by atoms with van der Waals surface area (Å²) in [6.07, 6.45) is -0.642. The third kappa shape index (κ3) is 4.13. The van der Waals surface area contributed by atoms with E-state index in [4.69, 9.17) is 5.73 Å². The second-order valence-electron chi connectivity index (χ2n) is 5.78. The first-order valence-corrected chi connectivity index (χ1v) is 7.49. The number of ether oxygens (including phenoxy) is 1. The van der Waals surface area contributed by atoms with Crippen LogP contribution >= 0.6 is 0 Å². The monoisotopic (exact) mass is 301 g/mol. The molecule has 3 atom stereocenters. The number of benzene rings is 1. The molecule has 1 fully saturated rings. The van der Waals surface area contributed by atoms with Crippen LogP contribution in [-0.4, -0.2) is 12.9 Å². The zero-order chi connectivity index (χ0) is 15.5. The number of halogens is 3. The minimum Gasteiger partial charge on any atom is -0.405 e. The molecule has 1 aromatic rings. The molecule has 3 unspecified atom stereocenters. The molecule has 0 bridgehead atoms. The second kappa shape index (κ2) is 6.69. The lowest BCUT2D eigenvalue weighted by Gasteiger charge is -2.36. The highest BCUT2D eigenvalue weighted by Crippen LogP contribution is 2.44. The standard InChI is InChI=1S/C16H22F3NO/c1-2-11-7-8-12(10-20)14(9-11)13-5-3-4-6-15(13)21-16(17,18)19/h3-6,11-12,14H,2,7-10,20H2,1H3. The van der Waals surface area contributed by atoms with Gasteiger partial charge < -0.3 is 10.5 Å². The third-order valence-electron chi connectivity index (χ3n) is 4.53. The van der Waals surface area contributed by atoms with E-state index in [1.165, 1.54) is 6.07 Å². The van der Waals surface area contributed by atoms with Crippen molar-refractivity contribution in [3.05, 3.63) is 29.8 Å². The van der Waals surface area contributed by atoms with Gasteiger partial charge in [-0.15, -0.1) is 13.2 Å². The minimum absolute atomic E-state index is 0.0484. The maximum absolute atomic E-state index is 12.6. The molecule has 1 aliphatic rings. The van der Waals surface area contributed by atoms with Crippen molar-refractivity contribution in [2.75, 3.05) is 6.54 Å². The molecule has 0 aliphatic heterocycles. The molecule has 1 saturated carbocycles. The lowest BCUT2D eigenvalue weighted by atomic mass is 9.70. The summed E-state index contributed by atoms with van der Waals surface area (Å²) in [6, 6.07) is 6.47. The summed E-state index contributed by atoms with van der Waals surface area (Å²) in [5, 5.41) is 0. The lowest BCUT2D eigenvalue weighted by molar-refractivity contribution is -0.275. The van der Waals surface area contributed by atoms with E-state index in [9.17, 15) is 13.2 Å². The fourth-order valence-electron chi connectivity index (χ4n) is 3.36. The number of rotatable bonds is 4. The Morgan fingerprint density at radius 1 is 1.24 bits per heavy atom. The van der Waals surface area contributed by atoms with Crippen molar-refractivity contribution >= 4 is 0 Å². The van der Waals surface area contributed by atoms with Gasteiger partial charge in [-0.05, 0) is 48.8 Å². The van der Waals surface area contributed by atoms with Crippen molar-refractivity contribution in [2.45, 2.75) is 44.9 Å². The van der Waals surface area contributed by atoms with Crippen molar-refractivity contribution in [3.63, 3.8) is 0 Å². The smallest absolute Gasteiger partial charge is 0.405 e. The van der Waals surface area contributed by atoms with E-state index < -0.39 is 6.36 Å². The summed E-state index contributed by atoms with van der Waals surface area (Å²) < 4.78 is 41.9. The predicted octanol–water partition coefficient (Wildman–Crippen LogP) is 4.45. The first-order chi connectivity index (χ1) is 9.94. The number of nitrogens with two attached hydrogens (primary N) is 1. The molecule has 0 aromatic heterocycles. The van der Waals surface area contributed by atoms with Gasteiger partial charge in [-0.1, -0.05) is 38.0 Å². The molecular formula is C16H22F3NO. The molecule has 21 heavy (non-hydrogen) atoms. The Bertz CT molecular complexity index is 461. The maximum atomic E-state index is 12.6. The maximum Gasteiger partial charge on any atom is 0.573 e. The Morgan fingerprint density at radius 3 is 2.57 bits per heavy atom. The summed E-state index contributed by atoms with van der Waals surface area (Å²) in [5.74, 6) is 0.750. The molecule has 1 aromatic carbocycles. The van der Waals surface area contributed by atoms with Crippen LogP contribution in [0.5, 0.6) is 5.75 Å². The van der Waals surface area contributed by atoms with Crippen LogP contribution in [0, 0.1) is 11.8 Å². The molecule has 0 spiro atoms. The molecule has 118 valence electrons. The van der Waals surface area contributed by atoms with E-state index in [-0.39, 0.29) is 17.6 Å². The minimum atomic E-state index is -4.66. The quantitative estimate of drug-likeness (QED) is 0.891. The van der Waals surface area contributed by atoms with E-state index in [0.29, 0.717) is 18.0 Å². The molecule has 0 radical (unpaired) electrons. The van der Waals surface area contributed by atoms with E-state index in [1.807, 2.05) is 0 Å². The van der Waals surface area contributed by atoms with Crippen LogP contribution in [0.4, 0.5) is 13.2 Å². The Kier molecular flexibility index (Phi) is 5.14. The number of para-hydroxylation sites is 1. The van der Waals surface area contributed by atoms with Crippen LogP contribution in [0.15, 0.2) is 24.3 Å². The third-order valence-corrected chi connectivity index (χ3v) is 4.53. The topological polar surface area (TPSA) is 35.2 Å². The lowest BCUT2D eigenvalue weighted by Crippen LogP contribution is -2.29. The zero-order valence-electron chi connectivity index (χ0n) is 12.2. The van der Waals surface area contributed by atoms with Gasteiger partial charge in [-0.25, -0.2) is 0 Å². The highest BCUT2D eigenvalue weighted by Gasteiger charge is 2.36. The van der Waals surface area contributed by atoms with Crippen molar-refractivity contribution < 1.29 is 17.9 Å². The molecule has 0 saturated heterocycles. The molecule has 5 heteroatoms. The Balaban J connectivity index is 2.29. The first-order valence-electron chi connectivity index (χ1n) is 7.49. The average Bonchev–Trinajstić information content (AvgIpc) is 2.45. The molecule has 2 nitrogen and oxygen atoms in total. The van der Waals surface area contributed by atoms with Gasteiger partial charge in [0.2, 0.25) is 0 Å². The van der Waals surface area contributed by atoms with Crippen LogP contribution in [0.1, 0.15) is 44.1 Å². The molecule has 2 N–H and O–H groups in total.